The van der Waals surface area contributed by atoms with Gasteiger partial charge in [-0.3, -0.25) is 14.4 Å². The van der Waals surface area contributed by atoms with Gasteiger partial charge in [-0.15, -0.1) is 0 Å². The fourth-order valence-electron chi connectivity index (χ4n) is 3.06. The quantitative estimate of drug-likeness (QED) is 0.156. The molecule has 0 aromatic carbocycles. The van der Waals surface area contributed by atoms with Gasteiger partial charge in [0.05, 0.1) is 6.42 Å². The van der Waals surface area contributed by atoms with Crippen LogP contribution in [0.3, 0.4) is 0 Å². The van der Waals surface area contributed by atoms with Gasteiger partial charge in [0.1, 0.15) is 13.2 Å². The Morgan fingerprint density at radius 2 is 0.967 bits per heavy atom. The van der Waals surface area contributed by atoms with E-state index >= 15 is 0 Å². The maximum atomic E-state index is 11.6. The van der Waals surface area contributed by atoms with Crippen molar-refractivity contribution in [2.45, 2.75) is 110 Å². The third kappa shape index (κ3) is 19.4. The van der Waals surface area contributed by atoms with Crippen molar-refractivity contribution in [3.63, 3.8) is 0 Å². The van der Waals surface area contributed by atoms with E-state index in [1.807, 2.05) is 0 Å². The van der Waals surface area contributed by atoms with Crippen molar-refractivity contribution in [3.8, 4) is 0 Å². The van der Waals surface area contributed by atoms with Gasteiger partial charge in [0, 0.05) is 12.8 Å². The van der Waals surface area contributed by atoms with Crippen molar-refractivity contribution in [3.05, 3.63) is 0 Å². The van der Waals surface area contributed by atoms with E-state index < -0.39 is 24.1 Å². The minimum atomic E-state index is -1.56. The molecule has 0 radical (unpaired) electrons. The monoisotopic (exact) mass is 428 g/mol. The average Bonchev–Trinajstić information content (AvgIpc) is 2.72. The summed E-state index contributed by atoms with van der Waals surface area (Å²) < 4.78 is 9.77. The van der Waals surface area contributed by atoms with Crippen LogP contribution in [0, 0.1) is 0 Å². The number of carboxylic acid groups (broad SMARTS) is 1. The number of ketones is 1. The predicted molar refractivity (Wildman–Crippen MR) is 114 cm³/mol. The number of hydrogen-bond donors (Lipinski definition) is 1. The molecule has 174 valence electrons. The first-order chi connectivity index (χ1) is 14.5. The lowest BCUT2D eigenvalue weighted by Gasteiger charge is -2.06. The molecule has 0 saturated carbocycles. The van der Waals surface area contributed by atoms with Gasteiger partial charge in [-0.2, -0.15) is 0 Å². The summed E-state index contributed by atoms with van der Waals surface area (Å²) in [4.78, 5) is 44.1. The van der Waals surface area contributed by atoms with Crippen LogP contribution in [0.1, 0.15) is 110 Å². The minimum Gasteiger partial charge on any atom is -0.476 e. The molecular formula is C23H40O7. The summed E-state index contributed by atoms with van der Waals surface area (Å²) in [5.74, 6) is -3.59. The van der Waals surface area contributed by atoms with Gasteiger partial charge in [0.25, 0.3) is 0 Å². The van der Waals surface area contributed by atoms with Crippen LogP contribution in [0.5, 0.6) is 0 Å². The molecule has 0 atom stereocenters. The van der Waals surface area contributed by atoms with Crippen molar-refractivity contribution in [1.82, 2.24) is 0 Å². The molecule has 0 aliphatic heterocycles. The molecular weight excluding hydrogens is 388 g/mol. The van der Waals surface area contributed by atoms with Gasteiger partial charge in [-0.1, -0.05) is 84.0 Å². The Hall–Kier alpha value is -1.92. The number of aliphatic carboxylic acids is 1. The second-order valence-electron chi connectivity index (χ2n) is 7.66. The average molecular weight is 429 g/mol. The highest BCUT2D eigenvalue weighted by molar-refractivity contribution is 6.32. The molecule has 0 rings (SSSR count). The molecule has 0 aromatic rings. The predicted octanol–water partition coefficient (Wildman–Crippen LogP) is 4.99. The number of carboxylic acids is 1. The molecule has 0 saturated heterocycles. The molecule has 1 N–H and O–H groups in total. The van der Waals surface area contributed by atoms with Crippen LogP contribution in [-0.4, -0.2) is 42.0 Å². The van der Waals surface area contributed by atoms with Crippen LogP contribution < -0.4 is 0 Å². The van der Waals surface area contributed by atoms with Gasteiger partial charge in [-0.25, -0.2) is 4.79 Å². The van der Waals surface area contributed by atoms with Crippen molar-refractivity contribution in [2.75, 3.05) is 13.2 Å². The highest BCUT2D eigenvalue weighted by atomic mass is 16.6. The molecule has 0 heterocycles. The Balaban J connectivity index is 3.35. The largest absolute Gasteiger partial charge is 0.476 e. The molecule has 0 unspecified atom stereocenters. The maximum Gasteiger partial charge on any atom is 0.372 e. The van der Waals surface area contributed by atoms with Gasteiger partial charge < -0.3 is 14.6 Å². The van der Waals surface area contributed by atoms with Crippen LogP contribution in [0.4, 0.5) is 0 Å². The molecule has 0 amide bonds. The summed E-state index contributed by atoms with van der Waals surface area (Å²) in [5.41, 5.74) is 0. The van der Waals surface area contributed by atoms with E-state index in [-0.39, 0.29) is 25.6 Å². The molecule has 7 heteroatoms. The smallest absolute Gasteiger partial charge is 0.372 e. The molecule has 0 spiro atoms. The third-order valence-electron chi connectivity index (χ3n) is 4.89. The van der Waals surface area contributed by atoms with Gasteiger partial charge in [-0.05, 0) is 6.42 Å². The zero-order chi connectivity index (χ0) is 22.5. The van der Waals surface area contributed by atoms with E-state index in [0.29, 0.717) is 6.42 Å². The minimum absolute atomic E-state index is 0.0319. The standard InChI is InChI=1S/C23H40O7/c1-2-3-4-5-6-7-8-9-10-11-12-13-14-15-21(25)29-18-19-30-22(26)17-16-20(24)23(27)28/h2-19H2,1H3,(H,27,28). The molecule has 0 fully saturated rings. The zero-order valence-electron chi connectivity index (χ0n) is 18.6. The first-order valence-electron chi connectivity index (χ1n) is 11.5. The highest BCUT2D eigenvalue weighted by Crippen LogP contribution is 2.13. The summed E-state index contributed by atoms with van der Waals surface area (Å²) in [6.45, 7) is 2.12. The molecule has 0 aromatic heterocycles. The van der Waals surface area contributed by atoms with E-state index in [1.165, 1.54) is 64.2 Å². The fraction of sp³-hybridized carbons (Fsp3) is 0.826. The number of ether oxygens (including phenoxy) is 2. The Labute approximate surface area is 180 Å². The topological polar surface area (TPSA) is 107 Å². The number of carbonyl (C=O) groups excluding carboxylic acids is 3. The number of Topliss-reactive ketones (excluding diaryl/α,β-unsaturated/α-hetero) is 1. The first kappa shape index (κ1) is 28.1. The lowest BCUT2D eigenvalue weighted by atomic mass is 10.0. The fourth-order valence-corrected chi connectivity index (χ4v) is 3.06. The van der Waals surface area contributed by atoms with E-state index in [9.17, 15) is 19.2 Å². The molecule has 7 nitrogen and oxygen atoms in total. The highest BCUT2D eigenvalue weighted by Gasteiger charge is 2.14. The van der Waals surface area contributed by atoms with Crippen molar-refractivity contribution < 1.29 is 33.8 Å². The number of carbonyl (C=O) groups is 4. The summed E-state index contributed by atoms with van der Waals surface area (Å²) in [5, 5.41) is 8.40. The molecule has 30 heavy (non-hydrogen) atoms. The number of hydrogen-bond acceptors (Lipinski definition) is 6. The van der Waals surface area contributed by atoms with E-state index in [2.05, 4.69) is 6.92 Å². The summed E-state index contributed by atoms with van der Waals surface area (Å²) in [7, 11) is 0. The Bertz CT molecular complexity index is 488. The molecule has 0 aliphatic carbocycles. The van der Waals surface area contributed by atoms with Crippen LogP contribution in [-0.2, 0) is 28.7 Å². The third-order valence-corrected chi connectivity index (χ3v) is 4.89. The Kier molecular flexibility index (Phi) is 19.1. The lowest BCUT2D eigenvalue weighted by molar-refractivity contribution is -0.154. The summed E-state index contributed by atoms with van der Waals surface area (Å²) in [6, 6.07) is 0. The van der Waals surface area contributed by atoms with Gasteiger partial charge in [0.15, 0.2) is 0 Å². The van der Waals surface area contributed by atoms with Crippen LogP contribution in [0.2, 0.25) is 0 Å². The number of esters is 2. The van der Waals surface area contributed by atoms with Crippen molar-refractivity contribution in [1.29, 1.82) is 0 Å². The SMILES string of the molecule is CCCCCCCCCCCCCCCC(=O)OCCOC(=O)CCC(=O)C(=O)O. The van der Waals surface area contributed by atoms with Gasteiger partial charge in [0.2, 0.25) is 5.78 Å². The maximum absolute atomic E-state index is 11.6. The van der Waals surface area contributed by atoms with Gasteiger partial charge >= 0.3 is 17.9 Å². The van der Waals surface area contributed by atoms with E-state index in [1.54, 1.807) is 0 Å². The van der Waals surface area contributed by atoms with Crippen LogP contribution in [0.15, 0.2) is 0 Å². The van der Waals surface area contributed by atoms with Crippen LogP contribution in [0.25, 0.3) is 0 Å². The van der Waals surface area contributed by atoms with E-state index in [4.69, 9.17) is 14.6 Å². The molecule has 0 bridgehead atoms. The zero-order valence-corrected chi connectivity index (χ0v) is 18.6. The Morgan fingerprint density at radius 3 is 1.40 bits per heavy atom. The Morgan fingerprint density at radius 1 is 0.567 bits per heavy atom. The van der Waals surface area contributed by atoms with Crippen LogP contribution >= 0.6 is 0 Å². The number of rotatable bonds is 21. The number of unbranched alkanes of at least 4 members (excludes halogenated alkanes) is 12. The lowest BCUT2D eigenvalue weighted by Crippen LogP contribution is -2.17. The second kappa shape index (κ2) is 20.4. The van der Waals surface area contributed by atoms with E-state index in [0.717, 1.165) is 19.3 Å². The summed E-state index contributed by atoms with van der Waals surface area (Å²) in [6.07, 6.45) is 15.9. The summed E-state index contributed by atoms with van der Waals surface area (Å²) >= 11 is 0. The van der Waals surface area contributed by atoms with Crippen molar-refractivity contribution in [2.24, 2.45) is 0 Å². The first-order valence-corrected chi connectivity index (χ1v) is 11.5. The molecule has 0 aliphatic rings. The second-order valence-corrected chi connectivity index (χ2v) is 7.66. The van der Waals surface area contributed by atoms with Crippen molar-refractivity contribution >= 4 is 23.7 Å². The normalized spacial score (nSPS) is 10.6.